The molecule has 1 saturated heterocycles. The Hall–Kier alpha value is -1.95. The van der Waals surface area contributed by atoms with E-state index in [9.17, 15) is 9.59 Å². The Labute approximate surface area is 137 Å². The molecule has 0 aliphatic carbocycles. The van der Waals surface area contributed by atoms with Gasteiger partial charge in [-0.1, -0.05) is 13.0 Å². The van der Waals surface area contributed by atoms with Crippen LogP contribution in [-0.2, 0) is 16.1 Å². The second kappa shape index (κ2) is 7.55. The number of carbonyl (C=O) groups excluding carboxylic acids is 2. The molecule has 0 radical (unpaired) electrons. The maximum atomic E-state index is 12.7. The Kier molecular flexibility index (Phi) is 5.71. The summed E-state index contributed by atoms with van der Waals surface area (Å²) < 4.78 is 0. The number of amides is 2. The first-order valence-corrected chi connectivity index (χ1v) is 8.15. The number of hydrogen-bond donors (Lipinski definition) is 1. The van der Waals surface area contributed by atoms with Crippen molar-refractivity contribution < 1.29 is 9.59 Å². The minimum Gasteiger partial charge on any atom is -0.350 e. The molecular formula is C17H26N4O2. The van der Waals surface area contributed by atoms with E-state index in [0.717, 1.165) is 25.3 Å². The summed E-state index contributed by atoms with van der Waals surface area (Å²) in [6, 6.07) is 5.55. The summed E-state index contributed by atoms with van der Waals surface area (Å²) >= 11 is 0. The lowest BCUT2D eigenvalue weighted by molar-refractivity contribution is -0.149. The minimum atomic E-state index is -1.07. The van der Waals surface area contributed by atoms with Crippen molar-refractivity contribution in [1.29, 1.82) is 0 Å². The molecule has 0 spiro atoms. The fourth-order valence-corrected chi connectivity index (χ4v) is 2.65. The highest BCUT2D eigenvalue weighted by atomic mass is 16.2. The zero-order valence-corrected chi connectivity index (χ0v) is 14.2. The van der Waals surface area contributed by atoms with E-state index < -0.39 is 5.41 Å². The molecule has 0 aromatic carbocycles. The second-order valence-electron chi connectivity index (χ2n) is 6.36. The number of likely N-dealkylation sites (N-methyl/N-ethyl adjacent to an activating group) is 1. The molecule has 1 fully saturated rings. The molecule has 2 amide bonds. The molecule has 1 aromatic heterocycles. The van der Waals surface area contributed by atoms with Crippen LogP contribution in [-0.4, -0.2) is 59.3 Å². The van der Waals surface area contributed by atoms with Crippen molar-refractivity contribution in [2.45, 2.75) is 27.3 Å². The van der Waals surface area contributed by atoms with Crippen molar-refractivity contribution in [3.05, 3.63) is 30.1 Å². The van der Waals surface area contributed by atoms with Gasteiger partial charge in [0.05, 0.1) is 12.2 Å². The molecule has 6 nitrogen and oxygen atoms in total. The van der Waals surface area contributed by atoms with E-state index in [4.69, 9.17) is 0 Å². The Morgan fingerprint density at radius 1 is 1.22 bits per heavy atom. The van der Waals surface area contributed by atoms with Gasteiger partial charge in [-0.3, -0.25) is 14.6 Å². The monoisotopic (exact) mass is 318 g/mol. The average Bonchev–Trinajstić information content (AvgIpc) is 2.59. The van der Waals surface area contributed by atoms with Gasteiger partial charge < -0.3 is 15.1 Å². The fraction of sp³-hybridized carbons (Fsp3) is 0.588. The summed E-state index contributed by atoms with van der Waals surface area (Å²) in [6.45, 7) is 9.93. The molecule has 1 aromatic rings. The Morgan fingerprint density at radius 3 is 2.48 bits per heavy atom. The molecule has 0 unspecified atom stereocenters. The molecule has 0 atom stereocenters. The minimum absolute atomic E-state index is 0.105. The first kappa shape index (κ1) is 17.4. The van der Waals surface area contributed by atoms with Crippen LogP contribution in [0.2, 0.25) is 0 Å². The summed E-state index contributed by atoms with van der Waals surface area (Å²) in [7, 11) is 0. The van der Waals surface area contributed by atoms with Crippen molar-refractivity contribution in [3.8, 4) is 0 Å². The summed E-state index contributed by atoms with van der Waals surface area (Å²) in [4.78, 5) is 33.4. The highest BCUT2D eigenvalue weighted by molar-refractivity contribution is 6.04. The highest BCUT2D eigenvalue weighted by Gasteiger charge is 2.39. The number of carbonyl (C=O) groups is 2. The molecule has 1 aliphatic rings. The molecular weight excluding hydrogens is 292 g/mol. The molecule has 2 rings (SSSR count). The van der Waals surface area contributed by atoms with Crippen LogP contribution in [0.5, 0.6) is 0 Å². The van der Waals surface area contributed by atoms with E-state index in [1.807, 2.05) is 18.2 Å². The van der Waals surface area contributed by atoms with Gasteiger partial charge >= 0.3 is 0 Å². The quantitative estimate of drug-likeness (QED) is 0.819. The van der Waals surface area contributed by atoms with E-state index in [2.05, 4.69) is 22.1 Å². The summed E-state index contributed by atoms with van der Waals surface area (Å²) in [5, 5.41) is 2.82. The third kappa shape index (κ3) is 4.28. The zero-order valence-electron chi connectivity index (χ0n) is 14.2. The van der Waals surface area contributed by atoms with Gasteiger partial charge in [0.2, 0.25) is 11.8 Å². The summed E-state index contributed by atoms with van der Waals surface area (Å²) in [5.41, 5.74) is -0.288. The third-order valence-corrected chi connectivity index (χ3v) is 4.37. The van der Waals surface area contributed by atoms with Crippen molar-refractivity contribution in [2.24, 2.45) is 5.41 Å². The van der Waals surface area contributed by atoms with Crippen molar-refractivity contribution >= 4 is 11.8 Å². The smallest absolute Gasteiger partial charge is 0.237 e. The maximum absolute atomic E-state index is 12.7. The van der Waals surface area contributed by atoms with E-state index in [0.29, 0.717) is 19.6 Å². The van der Waals surface area contributed by atoms with Crippen LogP contribution in [0.4, 0.5) is 0 Å². The lowest BCUT2D eigenvalue weighted by Crippen LogP contribution is -2.55. The van der Waals surface area contributed by atoms with Crippen LogP contribution in [0.1, 0.15) is 26.5 Å². The third-order valence-electron chi connectivity index (χ3n) is 4.37. The van der Waals surface area contributed by atoms with Crippen LogP contribution in [0, 0.1) is 5.41 Å². The molecule has 0 saturated carbocycles. The van der Waals surface area contributed by atoms with Gasteiger partial charge in [-0.05, 0) is 32.5 Å². The fourth-order valence-electron chi connectivity index (χ4n) is 2.65. The molecule has 126 valence electrons. The normalized spacial score (nSPS) is 16.2. The first-order chi connectivity index (χ1) is 10.9. The molecule has 0 bridgehead atoms. The Balaban J connectivity index is 1.91. The second-order valence-corrected chi connectivity index (χ2v) is 6.36. The molecule has 6 heteroatoms. The largest absolute Gasteiger partial charge is 0.350 e. The average molecular weight is 318 g/mol. The lowest BCUT2D eigenvalue weighted by atomic mass is 9.90. The van der Waals surface area contributed by atoms with Gasteiger partial charge in [0, 0.05) is 32.4 Å². The van der Waals surface area contributed by atoms with E-state index in [1.165, 1.54) is 0 Å². The van der Waals surface area contributed by atoms with Crippen molar-refractivity contribution in [2.75, 3.05) is 32.7 Å². The molecule has 2 heterocycles. The Bertz CT molecular complexity index is 537. The molecule has 23 heavy (non-hydrogen) atoms. The van der Waals surface area contributed by atoms with Crippen LogP contribution >= 0.6 is 0 Å². The van der Waals surface area contributed by atoms with Crippen LogP contribution in [0.15, 0.2) is 24.4 Å². The number of hydrogen-bond acceptors (Lipinski definition) is 4. The van der Waals surface area contributed by atoms with Gasteiger partial charge in [-0.25, -0.2) is 0 Å². The predicted octanol–water partition coefficient (Wildman–Crippen LogP) is 0.888. The zero-order chi connectivity index (χ0) is 16.9. The van der Waals surface area contributed by atoms with Gasteiger partial charge in [-0.15, -0.1) is 0 Å². The lowest BCUT2D eigenvalue weighted by Gasteiger charge is -2.37. The number of aromatic nitrogens is 1. The molecule has 1 N–H and O–H groups in total. The maximum Gasteiger partial charge on any atom is 0.237 e. The van der Waals surface area contributed by atoms with Gasteiger partial charge in [0.1, 0.15) is 5.41 Å². The van der Waals surface area contributed by atoms with Gasteiger partial charge in [0.25, 0.3) is 0 Å². The van der Waals surface area contributed by atoms with Crippen LogP contribution < -0.4 is 5.32 Å². The van der Waals surface area contributed by atoms with E-state index in [1.54, 1.807) is 24.9 Å². The van der Waals surface area contributed by atoms with Gasteiger partial charge in [-0.2, -0.15) is 0 Å². The topological polar surface area (TPSA) is 65.5 Å². The van der Waals surface area contributed by atoms with Crippen molar-refractivity contribution in [3.63, 3.8) is 0 Å². The number of nitrogens with one attached hydrogen (secondary N) is 1. The highest BCUT2D eigenvalue weighted by Crippen LogP contribution is 2.20. The summed E-state index contributed by atoms with van der Waals surface area (Å²) in [5.74, 6) is -0.363. The number of piperazine rings is 1. The first-order valence-electron chi connectivity index (χ1n) is 8.15. The van der Waals surface area contributed by atoms with Gasteiger partial charge in [0.15, 0.2) is 0 Å². The molecule has 1 aliphatic heterocycles. The van der Waals surface area contributed by atoms with E-state index in [-0.39, 0.29) is 11.8 Å². The van der Waals surface area contributed by atoms with Crippen molar-refractivity contribution in [1.82, 2.24) is 20.1 Å². The van der Waals surface area contributed by atoms with E-state index >= 15 is 0 Å². The van der Waals surface area contributed by atoms with Crippen LogP contribution in [0.25, 0.3) is 0 Å². The predicted molar refractivity (Wildman–Crippen MR) is 88.6 cm³/mol. The Morgan fingerprint density at radius 2 is 1.91 bits per heavy atom. The SMILES string of the molecule is CCN1CCN(C(=O)C(C)(C)C(=O)NCc2ccccn2)CC1. The number of rotatable bonds is 5. The number of nitrogens with zero attached hydrogens (tertiary/aromatic N) is 3. The summed E-state index contributed by atoms with van der Waals surface area (Å²) in [6.07, 6.45) is 1.69. The number of pyridine rings is 1. The van der Waals surface area contributed by atoms with Crippen LogP contribution in [0.3, 0.4) is 0 Å². The standard InChI is InChI=1S/C17H26N4O2/c1-4-20-9-11-21(12-10-20)16(23)17(2,3)15(22)19-13-14-7-5-6-8-18-14/h5-8H,4,9-13H2,1-3H3,(H,19,22).